The van der Waals surface area contributed by atoms with Crippen LogP contribution in [-0.4, -0.2) is 25.0 Å². The standard InChI is InChI=1S/C25H15F3N4O/c26-25(27,28)17-9-5-15(6-10-17)23-19(22-14-29-20-3-1-2-4-21(20)31-22)13-30-24(32-23)16-7-11-18(33)12-8-16/h1-14,33H. The summed E-state index contributed by atoms with van der Waals surface area (Å²) < 4.78 is 39.2. The lowest BCUT2D eigenvalue weighted by atomic mass is 10.0. The van der Waals surface area contributed by atoms with Crippen molar-refractivity contribution >= 4 is 11.0 Å². The van der Waals surface area contributed by atoms with E-state index < -0.39 is 11.7 Å². The average molecular weight is 444 g/mol. The van der Waals surface area contributed by atoms with Crippen LogP contribution in [0.3, 0.4) is 0 Å². The van der Waals surface area contributed by atoms with Crippen molar-refractivity contribution in [1.29, 1.82) is 0 Å². The monoisotopic (exact) mass is 444 g/mol. The Bertz CT molecular complexity index is 1450. The Morgan fingerprint density at radius 3 is 2.03 bits per heavy atom. The van der Waals surface area contributed by atoms with Crippen molar-refractivity contribution in [3.8, 4) is 39.7 Å². The van der Waals surface area contributed by atoms with E-state index >= 15 is 0 Å². The van der Waals surface area contributed by atoms with Crippen LogP contribution in [0.5, 0.6) is 5.75 Å². The molecular weight excluding hydrogens is 429 g/mol. The second-order valence-corrected chi connectivity index (χ2v) is 7.32. The highest BCUT2D eigenvalue weighted by molar-refractivity contribution is 5.83. The first-order chi connectivity index (χ1) is 15.9. The van der Waals surface area contributed by atoms with E-state index in [1.54, 1.807) is 24.5 Å². The number of benzene rings is 3. The Balaban J connectivity index is 1.68. The van der Waals surface area contributed by atoms with E-state index in [1.165, 1.54) is 24.3 Å². The van der Waals surface area contributed by atoms with Crippen molar-refractivity contribution in [3.05, 3.63) is 90.8 Å². The van der Waals surface area contributed by atoms with Crippen molar-refractivity contribution < 1.29 is 18.3 Å². The molecule has 5 aromatic rings. The predicted octanol–water partition coefficient (Wildman–Crippen LogP) is 6.15. The molecule has 0 spiro atoms. The Morgan fingerprint density at radius 2 is 1.33 bits per heavy atom. The summed E-state index contributed by atoms with van der Waals surface area (Å²) in [5, 5.41) is 9.56. The highest BCUT2D eigenvalue weighted by Crippen LogP contribution is 2.34. The molecule has 0 unspecified atom stereocenters. The first kappa shape index (κ1) is 20.6. The van der Waals surface area contributed by atoms with E-state index in [1.807, 2.05) is 24.3 Å². The van der Waals surface area contributed by atoms with Crippen LogP contribution in [0.25, 0.3) is 44.9 Å². The van der Waals surface area contributed by atoms with Gasteiger partial charge in [0, 0.05) is 22.9 Å². The predicted molar refractivity (Wildman–Crippen MR) is 118 cm³/mol. The van der Waals surface area contributed by atoms with E-state index in [0.717, 1.165) is 17.6 Å². The number of phenols is 1. The van der Waals surface area contributed by atoms with Crippen molar-refractivity contribution in [2.75, 3.05) is 0 Å². The molecule has 3 aromatic carbocycles. The molecule has 5 rings (SSSR count). The quantitative estimate of drug-likeness (QED) is 0.362. The molecule has 0 aliphatic rings. The highest BCUT2D eigenvalue weighted by Gasteiger charge is 2.30. The summed E-state index contributed by atoms with van der Waals surface area (Å²) in [4.78, 5) is 18.2. The van der Waals surface area contributed by atoms with Gasteiger partial charge in [-0.15, -0.1) is 0 Å². The van der Waals surface area contributed by atoms with Gasteiger partial charge in [-0.1, -0.05) is 24.3 Å². The lowest BCUT2D eigenvalue weighted by Crippen LogP contribution is -2.04. The van der Waals surface area contributed by atoms with Gasteiger partial charge in [-0.25, -0.2) is 15.0 Å². The van der Waals surface area contributed by atoms with Crippen LogP contribution in [0.1, 0.15) is 5.56 Å². The number of rotatable bonds is 3. The summed E-state index contributed by atoms with van der Waals surface area (Å²) in [6.45, 7) is 0. The summed E-state index contributed by atoms with van der Waals surface area (Å²) in [7, 11) is 0. The van der Waals surface area contributed by atoms with Crippen LogP contribution in [0.15, 0.2) is 85.2 Å². The maximum atomic E-state index is 13.1. The third-order valence-electron chi connectivity index (χ3n) is 5.12. The third kappa shape index (κ3) is 4.10. The Kier molecular flexibility index (Phi) is 4.97. The van der Waals surface area contributed by atoms with E-state index in [0.29, 0.717) is 39.4 Å². The lowest BCUT2D eigenvalue weighted by molar-refractivity contribution is -0.137. The molecule has 0 aliphatic carbocycles. The number of halogens is 3. The highest BCUT2D eigenvalue weighted by atomic mass is 19.4. The minimum Gasteiger partial charge on any atom is -0.508 e. The number of fused-ring (bicyclic) bond motifs is 1. The molecule has 0 aliphatic heterocycles. The largest absolute Gasteiger partial charge is 0.508 e. The molecule has 0 fully saturated rings. The van der Waals surface area contributed by atoms with Gasteiger partial charge in [0.05, 0.1) is 34.2 Å². The molecule has 0 bridgehead atoms. The fraction of sp³-hybridized carbons (Fsp3) is 0.0400. The molecule has 0 radical (unpaired) electrons. The lowest BCUT2D eigenvalue weighted by Gasteiger charge is -2.12. The van der Waals surface area contributed by atoms with E-state index in [9.17, 15) is 18.3 Å². The fourth-order valence-electron chi connectivity index (χ4n) is 3.44. The molecule has 2 heterocycles. The van der Waals surface area contributed by atoms with Crippen LogP contribution >= 0.6 is 0 Å². The maximum Gasteiger partial charge on any atom is 0.416 e. The zero-order valence-electron chi connectivity index (χ0n) is 17.0. The number of para-hydroxylation sites is 2. The Hall–Kier alpha value is -4.33. The summed E-state index contributed by atoms with van der Waals surface area (Å²) >= 11 is 0. The number of aromatic hydroxyl groups is 1. The van der Waals surface area contributed by atoms with E-state index in [2.05, 4.69) is 19.9 Å². The number of hydrogen-bond acceptors (Lipinski definition) is 5. The first-order valence-electron chi connectivity index (χ1n) is 9.95. The van der Waals surface area contributed by atoms with Crippen LogP contribution in [0.2, 0.25) is 0 Å². The van der Waals surface area contributed by atoms with E-state index in [-0.39, 0.29) is 5.75 Å². The SMILES string of the molecule is Oc1ccc(-c2ncc(-c3cnc4ccccc4n3)c(-c3ccc(C(F)(F)F)cc3)n2)cc1. The van der Waals surface area contributed by atoms with Crippen molar-refractivity contribution in [3.63, 3.8) is 0 Å². The topological polar surface area (TPSA) is 71.8 Å². The molecule has 1 N–H and O–H groups in total. The Morgan fingerprint density at radius 1 is 0.667 bits per heavy atom. The second kappa shape index (κ2) is 7.98. The number of hydrogen-bond donors (Lipinski definition) is 1. The van der Waals surface area contributed by atoms with Crippen molar-refractivity contribution in [2.24, 2.45) is 0 Å². The van der Waals surface area contributed by atoms with Gasteiger partial charge in [-0.2, -0.15) is 13.2 Å². The molecule has 5 nitrogen and oxygen atoms in total. The summed E-state index contributed by atoms with van der Waals surface area (Å²) in [6, 6.07) is 18.5. The third-order valence-corrected chi connectivity index (χ3v) is 5.12. The van der Waals surface area contributed by atoms with Gasteiger partial charge in [0.15, 0.2) is 5.82 Å². The average Bonchev–Trinajstić information content (AvgIpc) is 2.83. The van der Waals surface area contributed by atoms with Crippen molar-refractivity contribution in [1.82, 2.24) is 19.9 Å². The van der Waals surface area contributed by atoms with Gasteiger partial charge in [-0.05, 0) is 48.5 Å². The van der Waals surface area contributed by atoms with Crippen LogP contribution in [-0.2, 0) is 6.18 Å². The summed E-state index contributed by atoms with van der Waals surface area (Å²) in [5.41, 5.74) is 3.25. The number of alkyl halides is 3. The number of nitrogens with zero attached hydrogens (tertiary/aromatic N) is 4. The summed E-state index contributed by atoms with van der Waals surface area (Å²) in [6.07, 6.45) is -1.26. The van der Waals surface area contributed by atoms with Gasteiger partial charge < -0.3 is 5.11 Å². The fourth-order valence-corrected chi connectivity index (χ4v) is 3.44. The van der Waals surface area contributed by atoms with E-state index in [4.69, 9.17) is 0 Å². The van der Waals surface area contributed by atoms with Gasteiger partial charge >= 0.3 is 6.18 Å². The Labute approximate surface area is 186 Å². The zero-order valence-corrected chi connectivity index (χ0v) is 17.0. The summed E-state index contributed by atoms with van der Waals surface area (Å²) in [5.74, 6) is 0.465. The molecule has 33 heavy (non-hydrogen) atoms. The molecule has 0 atom stereocenters. The molecule has 162 valence electrons. The first-order valence-corrected chi connectivity index (χ1v) is 9.95. The normalized spacial score (nSPS) is 11.6. The number of phenolic OH excluding ortho intramolecular Hbond substituents is 1. The molecule has 0 amide bonds. The smallest absolute Gasteiger partial charge is 0.416 e. The molecule has 8 heteroatoms. The molecular formula is C25H15F3N4O. The van der Waals surface area contributed by atoms with Gasteiger partial charge in [0.1, 0.15) is 5.75 Å². The van der Waals surface area contributed by atoms with Crippen molar-refractivity contribution in [2.45, 2.75) is 6.18 Å². The number of aromatic nitrogens is 4. The van der Waals surface area contributed by atoms with Gasteiger partial charge in [-0.3, -0.25) is 4.98 Å². The zero-order chi connectivity index (χ0) is 23.0. The van der Waals surface area contributed by atoms with Crippen LogP contribution < -0.4 is 0 Å². The van der Waals surface area contributed by atoms with Crippen LogP contribution in [0.4, 0.5) is 13.2 Å². The molecule has 0 saturated carbocycles. The molecule has 2 aromatic heterocycles. The van der Waals surface area contributed by atoms with Gasteiger partial charge in [0.2, 0.25) is 0 Å². The van der Waals surface area contributed by atoms with Crippen LogP contribution in [0, 0.1) is 0 Å². The minimum absolute atomic E-state index is 0.102. The second-order valence-electron chi connectivity index (χ2n) is 7.32. The minimum atomic E-state index is -4.44. The van der Waals surface area contributed by atoms with Gasteiger partial charge in [0.25, 0.3) is 0 Å². The maximum absolute atomic E-state index is 13.1. The molecule has 0 saturated heterocycles.